The number of aromatic nitrogens is 2. The van der Waals surface area contributed by atoms with Crippen LogP contribution in [0.5, 0.6) is 0 Å². The second-order valence-corrected chi connectivity index (χ2v) is 7.73. The molecular formula is C22H25F3N4. The molecule has 0 atom stereocenters. The van der Waals surface area contributed by atoms with Crippen LogP contribution < -0.4 is 5.32 Å². The Bertz CT molecular complexity index is 1010. The summed E-state index contributed by atoms with van der Waals surface area (Å²) in [6, 6.07) is 8.67. The zero-order valence-electron chi connectivity index (χ0n) is 16.7. The van der Waals surface area contributed by atoms with Crippen molar-refractivity contribution in [1.82, 2.24) is 19.6 Å². The molecule has 29 heavy (non-hydrogen) atoms. The number of hydrogen-bond acceptors (Lipinski definition) is 3. The minimum absolute atomic E-state index is 0.536. The van der Waals surface area contributed by atoms with Crippen LogP contribution in [0.2, 0.25) is 0 Å². The molecular weight excluding hydrogens is 377 g/mol. The van der Waals surface area contributed by atoms with Gasteiger partial charge in [-0.05, 0) is 62.7 Å². The molecule has 0 saturated carbocycles. The Balaban J connectivity index is 1.85. The van der Waals surface area contributed by atoms with Crippen LogP contribution in [0.25, 0.3) is 16.9 Å². The number of alkyl halides is 3. The standard InChI is InChI=1S/C22H25F3N4/c1-15-4-5-17(12-16(15)2)21-19(14-28-10-3-8-26-9-11-28)29-13-18(22(23,24)25)6-7-20(29)27-21/h4-7,12-13,26H,3,8-11,14H2,1-2H3. The van der Waals surface area contributed by atoms with Crippen molar-refractivity contribution in [2.75, 3.05) is 26.2 Å². The van der Waals surface area contributed by atoms with Gasteiger partial charge in [-0.1, -0.05) is 12.1 Å². The minimum atomic E-state index is -4.39. The molecule has 0 bridgehead atoms. The van der Waals surface area contributed by atoms with Crippen LogP contribution in [0, 0.1) is 13.8 Å². The minimum Gasteiger partial charge on any atom is -0.315 e. The van der Waals surface area contributed by atoms with E-state index in [1.807, 2.05) is 26.0 Å². The average molecular weight is 402 g/mol. The first-order chi connectivity index (χ1) is 13.8. The number of aryl methyl sites for hydroxylation is 2. The second kappa shape index (κ2) is 7.80. The number of rotatable bonds is 3. The first-order valence-corrected chi connectivity index (χ1v) is 9.92. The summed E-state index contributed by atoms with van der Waals surface area (Å²) in [5.41, 5.74) is 4.69. The van der Waals surface area contributed by atoms with Crippen LogP contribution in [0.15, 0.2) is 36.5 Å². The Morgan fingerprint density at radius 3 is 2.62 bits per heavy atom. The summed E-state index contributed by atoms with van der Waals surface area (Å²) < 4.78 is 41.6. The van der Waals surface area contributed by atoms with E-state index in [1.165, 1.54) is 17.8 Å². The number of fused-ring (bicyclic) bond motifs is 1. The molecule has 0 amide bonds. The van der Waals surface area contributed by atoms with Gasteiger partial charge in [-0.15, -0.1) is 0 Å². The Hall–Kier alpha value is -2.38. The largest absolute Gasteiger partial charge is 0.417 e. The summed E-state index contributed by atoms with van der Waals surface area (Å²) in [7, 11) is 0. The second-order valence-electron chi connectivity index (χ2n) is 7.73. The maximum atomic E-state index is 13.3. The highest BCUT2D eigenvalue weighted by Crippen LogP contribution is 2.32. The lowest BCUT2D eigenvalue weighted by molar-refractivity contribution is -0.137. The fourth-order valence-electron chi connectivity index (χ4n) is 3.80. The molecule has 3 aromatic rings. The molecule has 1 saturated heterocycles. The van der Waals surface area contributed by atoms with Crippen molar-refractivity contribution in [3.63, 3.8) is 0 Å². The van der Waals surface area contributed by atoms with E-state index in [9.17, 15) is 13.2 Å². The molecule has 0 spiro atoms. The van der Waals surface area contributed by atoms with Gasteiger partial charge >= 0.3 is 6.18 Å². The zero-order valence-corrected chi connectivity index (χ0v) is 16.7. The molecule has 1 aliphatic rings. The number of nitrogens with zero attached hydrogens (tertiary/aromatic N) is 3. The Morgan fingerprint density at radius 1 is 1.03 bits per heavy atom. The molecule has 1 aliphatic heterocycles. The zero-order chi connectivity index (χ0) is 20.6. The predicted octanol–water partition coefficient (Wildman–Crippen LogP) is 4.43. The third-order valence-corrected chi connectivity index (χ3v) is 5.63. The quantitative estimate of drug-likeness (QED) is 0.703. The van der Waals surface area contributed by atoms with Gasteiger partial charge in [0.15, 0.2) is 0 Å². The van der Waals surface area contributed by atoms with Crippen LogP contribution in [-0.2, 0) is 12.7 Å². The van der Waals surface area contributed by atoms with Gasteiger partial charge in [0.05, 0.1) is 17.0 Å². The molecule has 0 unspecified atom stereocenters. The Kier molecular flexibility index (Phi) is 5.36. The monoisotopic (exact) mass is 402 g/mol. The molecule has 1 fully saturated rings. The lowest BCUT2D eigenvalue weighted by Gasteiger charge is -2.20. The fraction of sp³-hybridized carbons (Fsp3) is 0.409. The van der Waals surface area contributed by atoms with Gasteiger partial charge < -0.3 is 9.72 Å². The lowest BCUT2D eigenvalue weighted by atomic mass is 10.0. The fourth-order valence-corrected chi connectivity index (χ4v) is 3.80. The molecule has 1 N–H and O–H groups in total. The number of pyridine rings is 1. The van der Waals surface area contributed by atoms with Gasteiger partial charge in [-0.25, -0.2) is 4.98 Å². The van der Waals surface area contributed by atoms with Crippen molar-refractivity contribution in [2.45, 2.75) is 33.0 Å². The van der Waals surface area contributed by atoms with E-state index >= 15 is 0 Å². The third-order valence-electron chi connectivity index (χ3n) is 5.63. The highest BCUT2D eigenvalue weighted by Gasteiger charge is 2.31. The molecule has 0 radical (unpaired) electrons. The third kappa shape index (κ3) is 4.16. The Labute approximate surface area is 168 Å². The maximum absolute atomic E-state index is 13.3. The van der Waals surface area contributed by atoms with Crippen LogP contribution in [0.1, 0.15) is 28.8 Å². The highest BCUT2D eigenvalue weighted by molar-refractivity contribution is 5.68. The number of imidazole rings is 1. The number of halogens is 3. The first kappa shape index (κ1) is 19.9. The van der Waals surface area contributed by atoms with E-state index in [4.69, 9.17) is 4.98 Å². The summed E-state index contributed by atoms with van der Waals surface area (Å²) >= 11 is 0. The van der Waals surface area contributed by atoms with Crippen molar-refractivity contribution in [1.29, 1.82) is 0 Å². The van der Waals surface area contributed by atoms with Gasteiger partial charge in [0, 0.05) is 31.4 Å². The van der Waals surface area contributed by atoms with Crippen molar-refractivity contribution >= 4 is 5.65 Å². The molecule has 7 heteroatoms. The maximum Gasteiger partial charge on any atom is 0.417 e. The lowest BCUT2D eigenvalue weighted by Crippen LogP contribution is -2.28. The Morgan fingerprint density at radius 2 is 1.86 bits per heavy atom. The van der Waals surface area contributed by atoms with Gasteiger partial charge in [-0.3, -0.25) is 4.90 Å². The molecule has 2 aromatic heterocycles. The van der Waals surface area contributed by atoms with E-state index in [0.29, 0.717) is 12.2 Å². The normalized spacial score (nSPS) is 16.3. The molecule has 0 aliphatic carbocycles. The van der Waals surface area contributed by atoms with Gasteiger partial charge in [0.25, 0.3) is 0 Å². The number of benzene rings is 1. The van der Waals surface area contributed by atoms with Crippen LogP contribution >= 0.6 is 0 Å². The topological polar surface area (TPSA) is 32.6 Å². The summed E-state index contributed by atoms with van der Waals surface area (Å²) in [6.07, 6.45) is -2.19. The highest BCUT2D eigenvalue weighted by atomic mass is 19.4. The number of nitrogens with one attached hydrogen (secondary N) is 1. The van der Waals surface area contributed by atoms with E-state index in [1.54, 1.807) is 4.40 Å². The van der Waals surface area contributed by atoms with Crippen molar-refractivity contribution in [3.05, 3.63) is 58.9 Å². The van der Waals surface area contributed by atoms with Gasteiger partial charge in [0.1, 0.15) is 5.65 Å². The summed E-state index contributed by atoms with van der Waals surface area (Å²) in [4.78, 5) is 7.01. The summed E-state index contributed by atoms with van der Waals surface area (Å²) in [5, 5.41) is 3.37. The molecule has 4 rings (SSSR count). The molecule has 3 heterocycles. The summed E-state index contributed by atoms with van der Waals surface area (Å²) in [5.74, 6) is 0. The van der Waals surface area contributed by atoms with Crippen LogP contribution in [-0.4, -0.2) is 40.5 Å². The molecule has 154 valence electrons. The van der Waals surface area contributed by atoms with E-state index in [0.717, 1.165) is 61.2 Å². The summed E-state index contributed by atoms with van der Waals surface area (Å²) in [6.45, 7) is 8.26. The molecule has 4 nitrogen and oxygen atoms in total. The van der Waals surface area contributed by atoms with Crippen molar-refractivity contribution in [2.24, 2.45) is 0 Å². The van der Waals surface area contributed by atoms with Gasteiger partial charge in [-0.2, -0.15) is 13.2 Å². The average Bonchev–Trinajstić information content (AvgIpc) is 2.84. The van der Waals surface area contributed by atoms with Crippen LogP contribution in [0.3, 0.4) is 0 Å². The SMILES string of the molecule is Cc1ccc(-c2nc3ccc(C(F)(F)F)cn3c2CN2CCCNCC2)cc1C. The van der Waals surface area contributed by atoms with Crippen molar-refractivity contribution in [3.8, 4) is 11.3 Å². The van der Waals surface area contributed by atoms with E-state index in [2.05, 4.69) is 16.3 Å². The van der Waals surface area contributed by atoms with Gasteiger partial charge in [0.2, 0.25) is 0 Å². The van der Waals surface area contributed by atoms with E-state index < -0.39 is 11.7 Å². The molecule has 1 aromatic carbocycles. The smallest absolute Gasteiger partial charge is 0.315 e. The van der Waals surface area contributed by atoms with Crippen molar-refractivity contribution < 1.29 is 13.2 Å². The number of hydrogen-bond donors (Lipinski definition) is 1. The first-order valence-electron chi connectivity index (χ1n) is 9.92. The van der Waals surface area contributed by atoms with E-state index in [-0.39, 0.29) is 0 Å². The van der Waals surface area contributed by atoms with Crippen LogP contribution in [0.4, 0.5) is 13.2 Å². The predicted molar refractivity (Wildman–Crippen MR) is 108 cm³/mol.